The second-order valence-electron chi connectivity index (χ2n) is 29.0. The van der Waals surface area contributed by atoms with Gasteiger partial charge in [-0.15, -0.1) is 0 Å². The van der Waals surface area contributed by atoms with Crippen LogP contribution in [0.1, 0.15) is 185 Å². The SMILES string of the molecule is CCC(C)(C)C(=O)OC12CC3CC(C1)CC(C(=O)OC(C(F)(F)F)C(F)(F)S(=O)(=O)[O-])(C3)C2.CCC(C)(C)C(=O)OC1C2CC3C(=O)OC1C3O2.CCC(C)(C)OC(=O)C(C)(C)CC.CCC(C)c1c(I)cc(I)c(O)c1I.c1ccc(-[s+]2c3ccccc3c3ccccc32)cc1. The normalized spacial score (nSPS) is 24.6. The molecule has 9 atom stereocenters. The molecule has 4 heterocycles. The maximum atomic E-state index is 13.9. The molecule has 4 saturated carbocycles. The van der Waals surface area contributed by atoms with Crippen LogP contribution in [0.25, 0.3) is 25.1 Å². The zero-order valence-corrected chi connectivity index (χ0v) is 65.4. The van der Waals surface area contributed by atoms with Gasteiger partial charge in [0.2, 0.25) is 0 Å². The minimum absolute atomic E-state index is 0.0408. The van der Waals surface area contributed by atoms with Crippen molar-refractivity contribution in [3.8, 4) is 10.6 Å². The molecule has 97 heavy (non-hydrogen) atoms. The molecule has 25 heteroatoms. The fraction of sp³-hybridized carbons (Fsp3) is 0.597. The Hall–Kier alpha value is -4.04. The van der Waals surface area contributed by atoms with Gasteiger partial charge in [0, 0.05) is 31.2 Å². The molecular formula is C72H90F5I3O15S2. The lowest BCUT2D eigenvalue weighted by Gasteiger charge is -2.60. The number of halogens is 8. The molecule has 1 N–H and O–H groups in total. The van der Waals surface area contributed by atoms with Crippen molar-refractivity contribution in [2.75, 3.05) is 0 Å². The summed E-state index contributed by atoms with van der Waals surface area (Å²) < 4.78 is 138. The molecule has 6 bridgehead atoms. The fourth-order valence-corrected chi connectivity index (χ4v) is 20.3. The quantitative estimate of drug-likeness (QED) is 0.0229. The second-order valence-corrected chi connectivity index (χ2v) is 35.8. The van der Waals surface area contributed by atoms with E-state index >= 15 is 0 Å². The number of alkyl halides is 5. The monoisotopic (exact) mass is 1730 g/mol. The summed E-state index contributed by atoms with van der Waals surface area (Å²) in [5.41, 5.74) is -3.55. The molecule has 536 valence electrons. The number of thiophene rings is 1. The Morgan fingerprint density at radius 3 is 1.70 bits per heavy atom. The van der Waals surface area contributed by atoms with Crippen LogP contribution in [0.3, 0.4) is 0 Å². The third kappa shape index (κ3) is 17.7. The minimum Gasteiger partial charge on any atom is -0.743 e. The van der Waals surface area contributed by atoms with Crippen LogP contribution < -0.4 is 0 Å². The molecule has 4 aliphatic carbocycles. The van der Waals surface area contributed by atoms with Gasteiger partial charge in [-0.25, -0.2) is 8.42 Å². The highest BCUT2D eigenvalue weighted by Gasteiger charge is 2.68. The van der Waals surface area contributed by atoms with E-state index in [9.17, 15) is 64.0 Å². The van der Waals surface area contributed by atoms with Crippen LogP contribution in [0.15, 0.2) is 84.9 Å². The van der Waals surface area contributed by atoms with Gasteiger partial charge in [-0.2, -0.15) is 22.0 Å². The molecule has 5 aromatic rings. The van der Waals surface area contributed by atoms with E-state index in [1.807, 2.05) is 68.4 Å². The van der Waals surface area contributed by atoms with E-state index in [-0.39, 0.29) is 88.6 Å². The van der Waals surface area contributed by atoms with Crippen molar-refractivity contribution in [3.05, 3.63) is 101 Å². The Morgan fingerprint density at radius 2 is 1.21 bits per heavy atom. The van der Waals surface area contributed by atoms with Gasteiger partial charge in [0.05, 0.1) is 40.8 Å². The van der Waals surface area contributed by atoms with Gasteiger partial charge in [-0.3, -0.25) is 24.0 Å². The summed E-state index contributed by atoms with van der Waals surface area (Å²) in [5, 5.41) is 6.72. The number of carbonyl (C=O) groups is 5. The van der Waals surface area contributed by atoms with E-state index in [1.165, 1.54) is 34.2 Å². The van der Waals surface area contributed by atoms with E-state index in [1.54, 1.807) is 20.8 Å². The third-order valence-electron chi connectivity index (χ3n) is 20.2. The Bertz CT molecular complexity index is 3730. The Balaban J connectivity index is 0.000000179. The summed E-state index contributed by atoms with van der Waals surface area (Å²) in [6.45, 7) is 26.9. The lowest BCUT2D eigenvalue weighted by atomic mass is 9.48. The summed E-state index contributed by atoms with van der Waals surface area (Å²) >= 11 is 6.75. The largest absolute Gasteiger partial charge is 0.743 e. The molecular weight excluding hydrogens is 1640 g/mol. The molecule has 1 aromatic heterocycles. The molecule has 9 unspecified atom stereocenters. The predicted octanol–water partition coefficient (Wildman–Crippen LogP) is 18.6. The molecule has 0 amide bonds. The number of rotatable bonds is 17. The van der Waals surface area contributed by atoms with Crippen LogP contribution in [0.2, 0.25) is 0 Å². The van der Waals surface area contributed by atoms with Crippen molar-refractivity contribution in [1.29, 1.82) is 0 Å². The first-order chi connectivity index (χ1) is 44.9. The molecule has 0 spiro atoms. The van der Waals surface area contributed by atoms with Gasteiger partial charge in [0.1, 0.15) is 23.1 Å². The number of phenolic OH excluding ortho intramolecular Hbond substituents is 1. The van der Waals surface area contributed by atoms with Gasteiger partial charge in [-0.1, -0.05) is 84.0 Å². The maximum Gasteiger partial charge on any atom is 0.432 e. The minimum atomic E-state index is -6.78. The topological polar surface area (TPSA) is 218 Å². The van der Waals surface area contributed by atoms with Gasteiger partial charge in [-0.05, 0) is 260 Å². The summed E-state index contributed by atoms with van der Waals surface area (Å²) in [6, 6.07) is 30.4. The highest BCUT2D eigenvalue weighted by atomic mass is 127. The number of carbonyl (C=O) groups excluding carboxylic acids is 5. The van der Waals surface area contributed by atoms with Crippen LogP contribution in [0.4, 0.5) is 22.0 Å². The number of esters is 5. The Kier molecular flexibility index (Phi) is 25.6. The summed E-state index contributed by atoms with van der Waals surface area (Å²) in [6.07, 6.45) is -5.81. The van der Waals surface area contributed by atoms with E-state index in [0.29, 0.717) is 50.2 Å². The standard InChI is InChI=1S/C20H27F5O7S.C18H13S.C13H18O5.C11H22O2.C10H11I3O/c1-4-16(2,3)14(26)32-18-8-11-5-12(9-18)7-17(6-11,10-18)15(27)31-13(19(21,22)23)20(24,25)33(28,29)30;1-2-8-14(9-3-1)19-17-12-6-4-10-15(17)16-11-5-7-13-18(16)19;1-4-13(2,3)12(15)18-9-7-5-6-8(16-7)10(9)17-11(6)14;1-7-10(3,4)9(12)13-11(5,6)8-2;1-3-5(2)8-6(11)4-7(12)10(14)9(8)13/h11-13H,4-10H2,1-3H3,(H,28,29,30);1-13H;6-10H,4-5H2,1-3H3;7-8H2,1-6H3;4-5,14H,3H2,1-2H3/q;+1;;;/p-1. The molecule has 0 radical (unpaired) electrons. The van der Waals surface area contributed by atoms with Crippen LogP contribution >= 0.6 is 78.2 Å². The van der Waals surface area contributed by atoms with Crippen LogP contribution in [-0.2, 0) is 62.5 Å². The molecule has 12 rings (SSSR count). The third-order valence-corrected chi connectivity index (χ3v) is 26.3. The first-order valence-electron chi connectivity index (χ1n) is 32.9. The van der Waals surface area contributed by atoms with E-state index in [0.717, 1.165) is 26.4 Å². The number of phenols is 1. The first kappa shape index (κ1) is 80.3. The molecule has 15 nitrogen and oxygen atoms in total. The number of benzene rings is 4. The van der Waals surface area contributed by atoms with E-state index in [2.05, 4.69) is 165 Å². The predicted molar refractivity (Wildman–Crippen MR) is 386 cm³/mol. The van der Waals surface area contributed by atoms with Crippen LogP contribution in [-0.4, -0.2) is 101 Å². The van der Waals surface area contributed by atoms with Gasteiger partial charge in [0.15, 0.2) is 36.6 Å². The molecule has 3 aliphatic heterocycles. The van der Waals surface area contributed by atoms with Crippen molar-refractivity contribution in [2.45, 2.75) is 233 Å². The summed E-state index contributed by atoms with van der Waals surface area (Å²) in [7, 11) is -6.72. The summed E-state index contributed by atoms with van der Waals surface area (Å²) in [5.74, 6) is -2.35. The summed E-state index contributed by atoms with van der Waals surface area (Å²) in [4.78, 5) is 62.3. The Morgan fingerprint density at radius 1 is 0.701 bits per heavy atom. The van der Waals surface area contributed by atoms with Gasteiger partial charge in [0.25, 0.3) is 6.10 Å². The number of hydrogen-bond acceptors (Lipinski definition) is 15. The number of fused-ring (bicyclic) bond motifs is 4. The average molecular weight is 1740 g/mol. The van der Waals surface area contributed by atoms with Crippen molar-refractivity contribution in [3.63, 3.8) is 0 Å². The maximum absolute atomic E-state index is 13.9. The number of ether oxygens (including phenoxy) is 6. The number of aromatic hydroxyl groups is 1. The second kappa shape index (κ2) is 30.9. The van der Waals surface area contributed by atoms with Crippen LogP contribution in [0.5, 0.6) is 5.75 Å². The van der Waals surface area contributed by atoms with Crippen molar-refractivity contribution in [2.24, 2.45) is 39.4 Å². The zero-order chi connectivity index (χ0) is 72.6. The van der Waals surface area contributed by atoms with Gasteiger partial charge >= 0.3 is 41.3 Å². The zero-order valence-electron chi connectivity index (χ0n) is 57.3. The molecule has 7 aliphatic rings. The highest BCUT2D eigenvalue weighted by Crippen LogP contribution is 2.64. The number of hydrogen-bond donors (Lipinski definition) is 1. The lowest BCUT2D eigenvalue weighted by Crippen LogP contribution is -2.62. The van der Waals surface area contributed by atoms with Crippen molar-refractivity contribution in [1.82, 2.24) is 0 Å². The van der Waals surface area contributed by atoms with Gasteiger partial charge < -0.3 is 38.1 Å². The van der Waals surface area contributed by atoms with Crippen molar-refractivity contribution < 1.29 is 92.4 Å². The average Bonchev–Trinajstić information content (AvgIpc) is 1.30. The van der Waals surface area contributed by atoms with Crippen molar-refractivity contribution >= 4 is 138 Å². The lowest BCUT2D eigenvalue weighted by molar-refractivity contribution is -0.270. The smallest absolute Gasteiger partial charge is 0.432 e. The van der Waals surface area contributed by atoms with E-state index < -0.39 is 73.6 Å². The highest BCUT2D eigenvalue weighted by molar-refractivity contribution is 14.1. The molecule has 7 fully saturated rings. The van der Waals surface area contributed by atoms with Crippen LogP contribution in [0, 0.1) is 50.1 Å². The molecule has 3 saturated heterocycles. The Labute approximate surface area is 610 Å². The molecule has 4 aromatic carbocycles. The fourth-order valence-electron chi connectivity index (χ4n) is 13.0. The van der Waals surface area contributed by atoms with E-state index in [4.69, 9.17) is 23.7 Å². The first-order valence-corrected chi connectivity index (χ1v) is 38.8.